The van der Waals surface area contributed by atoms with Crippen LogP contribution in [0, 0.1) is 13.0 Å². The molecule has 0 saturated carbocycles. The maximum atomic E-state index is 10.9. The minimum Gasteiger partial charge on any atom is -0.364 e. The lowest BCUT2D eigenvalue weighted by Gasteiger charge is -2.00. The van der Waals surface area contributed by atoms with Crippen molar-refractivity contribution in [3.05, 3.63) is 41.6 Å². The predicted octanol–water partition coefficient (Wildman–Crippen LogP) is 1.44. The van der Waals surface area contributed by atoms with Gasteiger partial charge in [-0.25, -0.2) is 4.98 Å². The zero-order valence-corrected chi connectivity index (χ0v) is 7.74. The van der Waals surface area contributed by atoms with Crippen LogP contribution in [0.1, 0.15) is 16.1 Å². The van der Waals surface area contributed by atoms with Crippen molar-refractivity contribution in [2.45, 2.75) is 6.92 Å². The van der Waals surface area contributed by atoms with Gasteiger partial charge in [-0.1, -0.05) is 6.07 Å². The molecular weight excluding hydrogens is 176 g/mol. The summed E-state index contributed by atoms with van der Waals surface area (Å²) in [5.41, 5.74) is 7.20. The van der Waals surface area contributed by atoms with E-state index >= 15 is 0 Å². The van der Waals surface area contributed by atoms with Crippen molar-refractivity contribution in [3.8, 4) is 0 Å². The Morgan fingerprint density at radius 2 is 2.29 bits per heavy atom. The van der Waals surface area contributed by atoms with Crippen molar-refractivity contribution in [2.75, 3.05) is 0 Å². The van der Waals surface area contributed by atoms with Gasteiger partial charge in [0.1, 0.15) is 5.69 Å². The molecule has 0 aliphatic heterocycles. The Bertz CT molecular complexity index is 506. The first-order valence-electron chi connectivity index (χ1n) is 4.26. The van der Waals surface area contributed by atoms with Gasteiger partial charge in [-0.3, -0.25) is 4.79 Å². The second kappa shape index (κ2) is 3.10. The Kier molecular flexibility index (Phi) is 1.93. The maximum absolute atomic E-state index is 10.9. The fourth-order valence-corrected chi connectivity index (χ4v) is 1.30. The van der Waals surface area contributed by atoms with Gasteiger partial charge in [-0.2, -0.15) is 0 Å². The normalized spacial score (nSPS) is 10.4. The van der Waals surface area contributed by atoms with Crippen molar-refractivity contribution in [1.29, 1.82) is 0 Å². The van der Waals surface area contributed by atoms with Crippen LogP contribution in [0.3, 0.4) is 0 Å². The molecule has 0 spiro atoms. The summed E-state index contributed by atoms with van der Waals surface area (Å²) >= 11 is 0. The van der Waals surface area contributed by atoms with Crippen LogP contribution in [-0.2, 0) is 0 Å². The first kappa shape index (κ1) is 8.69. The van der Waals surface area contributed by atoms with Gasteiger partial charge in [0.05, 0.1) is 5.52 Å². The molecule has 2 rings (SSSR count). The number of benzene rings is 1. The van der Waals surface area contributed by atoms with E-state index in [1.54, 1.807) is 6.07 Å². The van der Waals surface area contributed by atoms with Crippen LogP contribution in [0.5, 0.6) is 0 Å². The molecule has 14 heavy (non-hydrogen) atoms. The number of amides is 1. The topological polar surface area (TPSA) is 56.0 Å². The van der Waals surface area contributed by atoms with Gasteiger partial charge in [-0.15, -0.1) is 0 Å². The molecule has 0 atom stereocenters. The van der Waals surface area contributed by atoms with Crippen LogP contribution in [0.4, 0.5) is 0 Å². The highest BCUT2D eigenvalue weighted by molar-refractivity contribution is 5.93. The van der Waals surface area contributed by atoms with Gasteiger partial charge in [0.2, 0.25) is 0 Å². The third-order valence-electron chi connectivity index (χ3n) is 2.02. The number of primary amides is 1. The number of aryl methyl sites for hydroxylation is 1. The fourth-order valence-electron chi connectivity index (χ4n) is 1.30. The van der Waals surface area contributed by atoms with Gasteiger partial charge in [-0.05, 0) is 36.8 Å². The Balaban J connectivity index is 2.69. The standard InChI is InChI=1S/C11H9N2O/c1-7-2-3-8-4-5-9(11(12)14)13-10(8)6-7/h3-6H,1H3,(H2,12,14). The van der Waals surface area contributed by atoms with Gasteiger partial charge in [0.25, 0.3) is 5.91 Å². The molecule has 0 unspecified atom stereocenters. The molecule has 0 aliphatic rings. The fraction of sp³-hybridized carbons (Fsp3) is 0.0909. The molecule has 3 nitrogen and oxygen atoms in total. The SMILES string of the molecule is Cc1[c]cc2ccc(C(N)=O)nc2c1. The van der Waals surface area contributed by atoms with Crippen LogP contribution in [0.15, 0.2) is 24.3 Å². The van der Waals surface area contributed by atoms with Crippen LogP contribution in [0.2, 0.25) is 0 Å². The van der Waals surface area contributed by atoms with E-state index in [2.05, 4.69) is 11.1 Å². The zero-order chi connectivity index (χ0) is 10.1. The Hall–Kier alpha value is -1.90. The van der Waals surface area contributed by atoms with E-state index in [-0.39, 0.29) is 0 Å². The van der Waals surface area contributed by atoms with E-state index in [0.717, 1.165) is 16.5 Å². The predicted molar refractivity (Wildman–Crippen MR) is 53.8 cm³/mol. The molecule has 1 aromatic carbocycles. The van der Waals surface area contributed by atoms with Crippen LogP contribution in [0.25, 0.3) is 10.9 Å². The molecular formula is C11H9N2O. The molecule has 0 fully saturated rings. The summed E-state index contributed by atoms with van der Waals surface area (Å²) in [6, 6.07) is 10.2. The first-order chi connectivity index (χ1) is 6.66. The third-order valence-corrected chi connectivity index (χ3v) is 2.02. The molecule has 0 bridgehead atoms. The summed E-state index contributed by atoms with van der Waals surface area (Å²) in [7, 11) is 0. The lowest BCUT2D eigenvalue weighted by Crippen LogP contribution is -2.12. The molecule has 3 heteroatoms. The summed E-state index contributed by atoms with van der Waals surface area (Å²) in [6.45, 7) is 1.93. The highest BCUT2D eigenvalue weighted by Crippen LogP contribution is 2.13. The smallest absolute Gasteiger partial charge is 0.267 e. The number of fused-ring (bicyclic) bond motifs is 1. The summed E-state index contributed by atoms with van der Waals surface area (Å²) in [6.07, 6.45) is 0. The van der Waals surface area contributed by atoms with E-state index < -0.39 is 5.91 Å². The molecule has 0 saturated heterocycles. The number of hydrogen-bond donors (Lipinski definition) is 1. The molecule has 2 aromatic rings. The van der Waals surface area contributed by atoms with E-state index in [1.807, 2.05) is 25.1 Å². The molecule has 69 valence electrons. The lowest BCUT2D eigenvalue weighted by atomic mass is 10.1. The lowest BCUT2D eigenvalue weighted by molar-refractivity contribution is 0.0996. The monoisotopic (exact) mass is 185 g/mol. The second-order valence-corrected chi connectivity index (χ2v) is 3.15. The minimum atomic E-state index is -0.502. The summed E-state index contributed by atoms with van der Waals surface area (Å²) in [4.78, 5) is 15.0. The number of carbonyl (C=O) groups is 1. The van der Waals surface area contributed by atoms with Crippen molar-refractivity contribution >= 4 is 16.8 Å². The van der Waals surface area contributed by atoms with Gasteiger partial charge in [0.15, 0.2) is 0 Å². The molecule has 1 heterocycles. The molecule has 0 aliphatic carbocycles. The highest BCUT2D eigenvalue weighted by atomic mass is 16.1. The van der Waals surface area contributed by atoms with E-state index in [4.69, 9.17) is 5.73 Å². The number of pyridine rings is 1. The first-order valence-corrected chi connectivity index (χ1v) is 4.26. The number of rotatable bonds is 1. The van der Waals surface area contributed by atoms with Gasteiger partial charge in [0, 0.05) is 5.39 Å². The summed E-state index contributed by atoms with van der Waals surface area (Å²) in [5, 5.41) is 0.959. The highest BCUT2D eigenvalue weighted by Gasteiger charge is 2.02. The number of hydrogen-bond acceptors (Lipinski definition) is 2. The van der Waals surface area contributed by atoms with E-state index in [0.29, 0.717) is 5.69 Å². The average molecular weight is 185 g/mol. The number of carbonyl (C=O) groups excluding carboxylic acids is 1. The van der Waals surface area contributed by atoms with E-state index in [9.17, 15) is 4.79 Å². The maximum Gasteiger partial charge on any atom is 0.267 e. The quantitative estimate of drug-likeness (QED) is 0.730. The largest absolute Gasteiger partial charge is 0.364 e. The number of nitrogens with zero attached hydrogens (tertiary/aromatic N) is 1. The van der Waals surface area contributed by atoms with Gasteiger partial charge < -0.3 is 5.73 Å². The summed E-state index contributed by atoms with van der Waals surface area (Å²) in [5.74, 6) is -0.502. The Labute approximate surface area is 81.6 Å². The van der Waals surface area contributed by atoms with E-state index in [1.165, 1.54) is 0 Å². The van der Waals surface area contributed by atoms with Gasteiger partial charge >= 0.3 is 0 Å². The van der Waals surface area contributed by atoms with Crippen LogP contribution >= 0.6 is 0 Å². The number of nitrogens with two attached hydrogens (primary N) is 1. The van der Waals surface area contributed by atoms with Crippen LogP contribution < -0.4 is 5.73 Å². The average Bonchev–Trinajstić information content (AvgIpc) is 2.16. The van der Waals surface area contributed by atoms with Crippen LogP contribution in [-0.4, -0.2) is 10.9 Å². The Morgan fingerprint density at radius 3 is 3.00 bits per heavy atom. The van der Waals surface area contributed by atoms with Crippen molar-refractivity contribution in [2.24, 2.45) is 5.73 Å². The zero-order valence-electron chi connectivity index (χ0n) is 7.74. The third kappa shape index (κ3) is 1.44. The van der Waals surface area contributed by atoms with Crippen molar-refractivity contribution < 1.29 is 4.79 Å². The second-order valence-electron chi connectivity index (χ2n) is 3.15. The Morgan fingerprint density at radius 1 is 1.50 bits per heavy atom. The molecule has 1 aromatic heterocycles. The minimum absolute atomic E-state index is 0.295. The van der Waals surface area contributed by atoms with Crippen molar-refractivity contribution in [3.63, 3.8) is 0 Å². The number of aromatic nitrogens is 1. The summed E-state index contributed by atoms with van der Waals surface area (Å²) < 4.78 is 0. The molecule has 2 N–H and O–H groups in total. The molecule has 1 amide bonds. The van der Waals surface area contributed by atoms with Crippen molar-refractivity contribution in [1.82, 2.24) is 4.98 Å². The molecule has 1 radical (unpaired) electrons.